The second kappa shape index (κ2) is 9.52. The van der Waals surface area contributed by atoms with Crippen LogP contribution < -0.4 is 10.1 Å². The van der Waals surface area contributed by atoms with Crippen molar-refractivity contribution in [2.45, 2.75) is 17.7 Å². The van der Waals surface area contributed by atoms with E-state index in [0.29, 0.717) is 47.7 Å². The summed E-state index contributed by atoms with van der Waals surface area (Å²) >= 11 is 0. The van der Waals surface area contributed by atoms with E-state index in [-0.39, 0.29) is 17.3 Å². The van der Waals surface area contributed by atoms with E-state index < -0.39 is 15.9 Å². The van der Waals surface area contributed by atoms with Crippen LogP contribution in [-0.4, -0.2) is 48.8 Å². The van der Waals surface area contributed by atoms with Crippen molar-refractivity contribution in [2.75, 3.05) is 25.5 Å². The van der Waals surface area contributed by atoms with Gasteiger partial charge in [0.1, 0.15) is 11.6 Å². The number of nitrogens with one attached hydrogen (secondary N) is 2. The molecule has 1 atom stereocenters. The van der Waals surface area contributed by atoms with Crippen LogP contribution in [0.25, 0.3) is 22.4 Å². The number of sulfonamides is 1. The number of imidazole rings is 1. The molecule has 1 aliphatic heterocycles. The fourth-order valence-corrected chi connectivity index (χ4v) is 5.90. The number of carbonyl (C=O) groups excluding carboxylic acids is 1. The van der Waals surface area contributed by atoms with Crippen molar-refractivity contribution in [2.24, 2.45) is 5.92 Å². The Hall–Kier alpha value is -3.69. The molecule has 9 heteroatoms. The van der Waals surface area contributed by atoms with E-state index in [1.165, 1.54) is 4.31 Å². The number of anilines is 1. The number of aromatic nitrogens is 2. The van der Waals surface area contributed by atoms with Gasteiger partial charge in [0.15, 0.2) is 0 Å². The van der Waals surface area contributed by atoms with Gasteiger partial charge in [0.25, 0.3) is 0 Å². The number of hydrogen-bond donors (Lipinski definition) is 2. The number of aromatic amines is 1. The average Bonchev–Trinajstić information content (AvgIpc) is 3.33. The minimum absolute atomic E-state index is 0.133. The van der Waals surface area contributed by atoms with Gasteiger partial charge in [-0.15, -0.1) is 0 Å². The lowest BCUT2D eigenvalue weighted by Crippen LogP contribution is -2.43. The maximum absolute atomic E-state index is 13.5. The topological polar surface area (TPSA) is 104 Å². The van der Waals surface area contributed by atoms with Gasteiger partial charge >= 0.3 is 0 Å². The maximum atomic E-state index is 13.5. The van der Waals surface area contributed by atoms with Gasteiger partial charge in [0.2, 0.25) is 15.9 Å². The standard InChI is InChI=1S/C26H26N4O4S/c1-34-21-11-5-10-20(15-21)27-26(31)19-9-6-14-30(17-19)35(32,33)22-12-13-23-24(16-22)29-25(28-23)18-7-3-2-4-8-18/h2-5,7-8,10-13,15-16,19H,6,9,14,17H2,1H3,(H,27,31)(H,28,29). The quantitative estimate of drug-likeness (QED) is 0.420. The summed E-state index contributed by atoms with van der Waals surface area (Å²) in [5.41, 5.74) is 2.88. The fourth-order valence-electron chi connectivity index (χ4n) is 4.35. The van der Waals surface area contributed by atoms with E-state index in [4.69, 9.17) is 4.74 Å². The van der Waals surface area contributed by atoms with Gasteiger partial charge in [-0.2, -0.15) is 4.31 Å². The molecule has 1 aliphatic rings. The van der Waals surface area contributed by atoms with Crippen LogP contribution >= 0.6 is 0 Å². The van der Waals surface area contributed by atoms with Crippen molar-refractivity contribution < 1.29 is 17.9 Å². The minimum Gasteiger partial charge on any atom is -0.497 e. The molecule has 1 aromatic heterocycles. The molecule has 8 nitrogen and oxygen atoms in total. The van der Waals surface area contributed by atoms with Crippen LogP contribution in [0, 0.1) is 5.92 Å². The number of H-pyrrole nitrogens is 1. The summed E-state index contributed by atoms with van der Waals surface area (Å²) in [6.07, 6.45) is 1.24. The van der Waals surface area contributed by atoms with E-state index in [2.05, 4.69) is 15.3 Å². The Morgan fingerprint density at radius 1 is 1.09 bits per heavy atom. The normalized spacial score (nSPS) is 16.8. The molecule has 1 unspecified atom stereocenters. The first-order valence-electron chi connectivity index (χ1n) is 11.4. The van der Waals surface area contributed by atoms with Crippen LogP contribution in [0.1, 0.15) is 12.8 Å². The Kier molecular flexibility index (Phi) is 6.27. The smallest absolute Gasteiger partial charge is 0.243 e. The molecule has 2 heterocycles. The van der Waals surface area contributed by atoms with Crippen molar-refractivity contribution >= 4 is 32.7 Å². The number of rotatable bonds is 6. The van der Waals surface area contributed by atoms with Gasteiger partial charge in [-0.1, -0.05) is 36.4 Å². The van der Waals surface area contributed by atoms with Crippen molar-refractivity contribution in [1.29, 1.82) is 0 Å². The molecule has 3 aromatic carbocycles. The van der Waals surface area contributed by atoms with E-state index in [1.807, 2.05) is 30.3 Å². The zero-order chi connectivity index (χ0) is 24.4. The molecule has 0 radical (unpaired) electrons. The van der Waals surface area contributed by atoms with E-state index >= 15 is 0 Å². The zero-order valence-corrected chi connectivity index (χ0v) is 20.1. The Morgan fingerprint density at radius 2 is 1.91 bits per heavy atom. The molecule has 4 aromatic rings. The van der Waals surface area contributed by atoms with Crippen LogP contribution in [0.2, 0.25) is 0 Å². The van der Waals surface area contributed by atoms with Crippen molar-refractivity contribution in [3.63, 3.8) is 0 Å². The number of nitrogens with zero attached hydrogens (tertiary/aromatic N) is 2. The van der Waals surface area contributed by atoms with Gasteiger partial charge in [0, 0.05) is 30.4 Å². The van der Waals surface area contributed by atoms with Crippen molar-refractivity contribution in [3.05, 3.63) is 72.8 Å². The van der Waals surface area contributed by atoms with Gasteiger partial charge < -0.3 is 15.0 Å². The fraction of sp³-hybridized carbons (Fsp3) is 0.231. The monoisotopic (exact) mass is 490 g/mol. The van der Waals surface area contributed by atoms with Gasteiger partial charge in [-0.25, -0.2) is 13.4 Å². The second-order valence-corrected chi connectivity index (χ2v) is 10.5. The maximum Gasteiger partial charge on any atom is 0.243 e. The number of carbonyl (C=O) groups is 1. The Morgan fingerprint density at radius 3 is 2.71 bits per heavy atom. The first-order valence-corrected chi connectivity index (χ1v) is 12.9. The summed E-state index contributed by atoms with van der Waals surface area (Å²) in [5, 5.41) is 2.89. The molecule has 1 amide bonds. The summed E-state index contributed by atoms with van der Waals surface area (Å²) in [5.74, 6) is 0.683. The summed E-state index contributed by atoms with van der Waals surface area (Å²) in [4.78, 5) is 20.9. The molecule has 35 heavy (non-hydrogen) atoms. The number of amides is 1. The highest BCUT2D eigenvalue weighted by molar-refractivity contribution is 7.89. The third-order valence-corrected chi connectivity index (χ3v) is 8.09. The molecule has 2 N–H and O–H groups in total. The third kappa shape index (κ3) is 4.78. The van der Waals surface area contributed by atoms with Crippen LogP contribution in [0.5, 0.6) is 5.75 Å². The second-order valence-electron chi connectivity index (χ2n) is 8.55. The molecule has 0 spiro atoms. The van der Waals surface area contributed by atoms with Crippen molar-refractivity contribution in [3.8, 4) is 17.1 Å². The summed E-state index contributed by atoms with van der Waals surface area (Å²) < 4.78 is 33.5. The molecular weight excluding hydrogens is 464 g/mol. The molecule has 180 valence electrons. The highest BCUT2D eigenvalue weighted by Crippen LogP contribution is 2.28. The molecule has 0 saturated carbocycles. The molecular formula is C26H26N4O4S. The number of methoxy groups -OCH3 is 1. The predicted octanol–water partition coefficient (Wildman–Crippen LogP) is 4.28. The van der Waals surface area contributed by atoms with E-state index in [1.54, 1.807) is 49.6 Å². The van der Waals surface area contributed by atoms with Gasteiger partial charge in [-0.3, -0.25) is 4.79 Å². The Balaban J connectivity index is 1.34. The lowest BCUT2D eigenvalue weighted by Gasteiger charge is -2.31. The summed E-state index contributed by atoms with van der Waals surface area (Å²) in [7, 11) is -2.21. The van der Waals surface area contributed by atoms with Gasteiger partial charge in [-0.05, 0) is 43.2 Å². The van der Waals surface area contributed by atoms with Crippen LogP contribution in [-0.2, 0) is 14.8 Å². The zero-order valence-electron chi connectivity index (χ0n) is 19.3. The van der Waals surface area contributed by atoms with E-state index in [0.717, 1.165) is 5.56 Å². The van der Waals surface area contributed by atoms with Crippen LogP contribution in [0.4, 0.5) is 5.69 Å². The number of hydrogen-bond acceptors (Lipinski definition) is 5. The van der Waals surface area contributed by atoms with Gasteiger partial charge in [0.05, 0.1) is 29.0 Å². The Bertz CT molecular complexity index is 1470. The average molecular weight is 491 g/mol. The summed E-state index contributed by atoms with van der Waals surface area (Å²) in [6.45, 7) is 0.510. The third-order valence-electron chi connectivity index (χ3n) is 6.23. The lowest BCUT2D eigenvalue weighted by molar-refractivity contribution is -0.120. The highest BCUT2D eigenvalue weighted by Gasteiger charge is 2.33. The number of piperidine rings is 1. The molecule has 1 fully saturated rings. The molecule has 0 aliphatic carbocycles. The first-order chi connectivity index (χ1) is 16.9. The van der Waals surface area contributed by atoms with Crippen LogP contribution in [0.3, 0.4) is 0 Å². The number of benzene rings is 3. The first kappa shape index (κ1) is 23.1. The number of ether oxygens (including phenoxy) is 1. The highest BCUT2D eigenvalue weighted by atomic mass is 32.2. The van der Waals surface area contributed by atoms with E-state index in [9.17, 15) is 13.2 Å². The van der Waals surface area contributed by atoms with Crippen LogP contribution in [0.15, 0.2) is 77.7 Å². The summed E-state index contributed by atoms with van der Waals surface area (Å²) in [6, 6.07) is 21.7. The molecule has 1 saturated heterocycles. The predicted molar refractivity (Wildman–Crippen MR) is 135 cm³/mol. The number of fused-ring (bicyclic) bond motifs is 1. The largest absolute Gasteiger partial charge is 0.497 e. The molecule has 0 bridgehead atoms. The minimum atomic E-state index is -3.77. The SMILES string of the molecule is COc1cccc(NC(=O)C2CCCN(S(=O)(=O)c3ccc4nc(-c5ccccc5)[nH]c4c3)C2)c1. The molecule has 5 rings (SSSR count). The van der Waals surface area contributed by atoms with Crippen molar-refractivity contribution in [1.82, 2.24) is 14.3 Å². The lowest BCUT2D eigenvalue weighted by atomic mass is 9.98. The Labute approximate surface area is 204 Å².